The van der Waals surface area contributed by atoms with Gasteiger partial charge in [-0.05, 0) is 17.7 Å². The average molecular weight is 281 g/mol. The number of amides is 3. The number of benzene rings is 1. The second kappa shape index (κ2) is 7.47. The molecule has 0 saturated heterocycles. The SMILES string of the molecule is CN(C)C(=O)CCNC(=O)N(C)Cc1cccc(F)c1. The van der Waals surface area contributed by atoms with E-state index in [1.807, 2.05) is 0 Å². The maximum Gasteiger partial charge on any atom is 0.317 e. The van der Waals surface area contributed by atoms with Gasteiger partial charge < -0.3 is 15.1 Å². The standard InChI is InChI=1S/C14H20FN3O2/c1-17(2)13(19)7-8-16-14(20)18(3)10-11-5-4-6-12(15)9-11/h4-6,9H,7-8,10H2,1-3H3,(H,16,20). The number of nitrogens with zero attached hydrogens (tertiary/aromatic N) is 2. The molecule has 0 aromatic heterocycles. The molecule has 0 aliphatic rings. The fraction of sp³-hybridized carbons (Fsp3) is 0.429. The molecule has 0 radical (unpaired) electrons. The molecule has 0 spiro atoms. The average Bonchev–Trinajstić information content (AvgIpc) is 2.38. The number of hydrogen-bond donors (Lipinski definition) is 1. The smallest absolute Gasteiger partial charge is 0.317 e. The molecule has 1 aromatic rings. The Morgan fingerprint density at radius 2 is 1.95 bits per heavy atom. The molecule has 0 bridgehead atoms. The summed E-state index contributed by atoms with van der Waals surface area (Å²) in [5.41, 5.74) is 0.715. The van der Waals surface area contributed by atoms with Crippen LogP contribution in [-0.2, 0) is 11.3 Å². The maximum absolute atomic E-state index is 13.0. The van der Waals surface area contributed by atoms with E-state index < -0.39 is 0 Å². The Bertz CT molecular complexity index is 477. The monoisotopic (exact) mass is 281 g/mol. The van der Waals surface area contributed by atoms with E-state index in [0.29, 0.717) is 12.1 Å². The lowest BCUT2D eigenvalue weighted by Crippen LogP contribution is -2.38. The third kappa shape index (κ3) is 5.26. The minimum atomic E-state index is -0.326. The molecular weight excluding hydrogens is 261 g/mol. The Morgan fingerprint density at radius 3 is 2.55 bits per heavy atom. The van der Waals surface area contributed by atoms with Crippen LogP contribution in [0.5, 0.6) is 0 Å². The molecule has 0 heterocycles. The van der Waals surface area contributed by atoms with Crippen LogP contribution in [0.25, 0.3) is 0 Å². The van der Waals surface area contributed by atoms with Crippen LogP contribution in [0.15, 0.2) is 24.3 Å². The quantitative estimate of drug-likeness (QED) is 0.888. The van der Waals surface area contributed by atoms with Crippen LogP contribution < -0.4 is 5.32 Å². The van der Waals surface area contributed by atoms with Crippen LogP contribution in [-0.4, -0.2) is 49.4 Å². The van der Waals surface area contributed by atoms with E-state index in [1.165, 1.54) is 21.9 Å². The van der Waals surface area contributed by atoms with Gasteiger partial charge in [-0.1, -0.05) is 12.1 Å². The topological polar surface area (TPSA) is 52.7 Å². The van der Waals surface area contributed by atoms with Gasteiger partial charge in [-0.3, -0.25) is 4.79 Å². The second-order valence-electron chi connectivity index (χ2n) is 4.76. The van der Waals surface area contributed by atoms with Gasteiger partial charge in [-0.25, -0.2) is 9.18 Å². The Labute approximate surface area is 118 Å². The summed E-state index contributed by atoms with van der Waals surface area (Å²) >= 11 is 0. The first-order valence-corrected chi connectivity index (χ1v) is 6.33. The van der Waals surface area contributed by atoms with Crippen LogP contribution in [0.3, 0.4) is 0 Å². The van der Waals surface area contributed by atoms with Gasteiger partial charge in [0.1, 0.15) is 5.82 Å². The highest BCUT2D eigenvalue weighted by Gasteiger charge is 2.10. The zero-order valence-corrected chi connectivity index (χ0v) is 12.0. The molecule has 3 amide bonds. The second-order valence-corrected chi connectivity index (χ2v) is 4.76. The minimum absolute atomic E-state index is 0.0434. The minimum Gasteiger partial charge on any atom is -0.349 e. The number of carbonyl (C=O) groups excluding carboxylic acids is 2. The molecule has 6 heteroatoms. The normalized spacial score (nSPS) is 10.0. The number of halogens is 1. The van der Waals surface area contributed by atoms with Crippen LogP contribution >= 0.6 is 0 Å². The predicted octanol–water partition coefficient (Wildman–Crippen LogP) is 1.45. The number of rotatable bonds is 5. The highest BCUT2D eigenvalue weighted by Crippen LogP contribution is 2.06. The van der Waals surface area contributed by atoms with Crippen molar-refractivity contribution in [3.05, 3.63) is 35.6 Å². The van der Waals surface area contributed by atoms with Crippen LogP contribution in [0.1, 0.15) is 12.0 Å². The van der Waals surface area contributed by atoms with E-state index in [9.17, 15) is 14.0 Å². The number of carbonyl (C=O) groups is 2. The van der Waals surface area contributed by atoms with Crippen LogP contribution in [0, 0.1) is 5.82 Å². The Balaban J connectivity index is 2.38. The molecule has 20 heavy (non-hydrogen) atoms. The summed E-state index contributed by atoms with van der Waals surface area (Å²) in [5, 5.41) is 2.65. The largest absolute Gasteiger partial charge is 0.349 e. The van der Waals surface area contributed by atoms with Crippen molar-refractivity contribution in [1.82, 2.24) is 15.1 Å². The third-order valence-corrected chi connectivity index (χ3v) is 2.77. The van der Waals surface area contributed by atoms with Crippen molar-refractivity contribution in [3.63, 3.8) is 0 Å². The number of hydrogen-bond acceptors (Lipinski definition) is 2. The van der Waals surface area contributed by atoms with E-state index in [0.717, 1.165) is 0 Å². The molecule has 0 fully saturated rings. The first-order chi connectivity index (χ1) is 9.40. The van der Waals surface area contributed by atoms with Crippen LogP contribution in [0.2, 0.25) is 0 Å². The summed E-state index contributed by atoms with van der Waals surface area (Å²) in [4.78, 5) is 26.0. The lowest BCUT2D eigenvalue weighted by Gasteiger charge is -2.18. The van der Waals surface area contributed by atoms with Gasteiger partial charge in [0.05, 0.1) is 0 Å². The molecule has 0 aliphatic carbocycles. The van der Waals surface area contributed by atoms with Gasteiger partial charge in [0.25, 0.3) is 0 Å². The summed E-state index contributed by atoms with van der Waals surface area (Å²) in [5.74, 6) is -0.369. The van der Waals surface area contributed by atoms with Crippen molar-refractivity contribution in [3.8, 4) is 0 Å². The Hall–Kier alpha value is -2.11. The molecule has 0 aliphatic heterocycles. The Kier molecular flexibility index (Phi) is 5.96. The maximum atomic E-state index is 13.0. The van der Waals surface area contributed by atoms with Gasteiger partial charge in [-0.2, -0.15) is 0 Å². The van der Waals surface area contributed by atoms with E-state index in [4.69, 9.17) is 0 Å². The van der Waals surface area contributed by atoms with Gasteiger partial charge in [0.15, 0.2) is 0 Å². The van der Waals surface area contributed by atoms with E-state index in [2.05, 4.69) is 5.32 Å². The molecule has 110 valence electrons. The third-order valence-electron chi connectivity index (χ3n) is 2.77. The molecule has 1 rings (SSSR count). The molecule has 5 nitrogen and oxygen atoms in total. The zero-order chi connectivity index (χ0) is 15.1. The number of nitrogens with one attached hydrogen (secondary N) is 1. The zero-order valence-electron chi connectivity index (χ0n) is 12.0. The van der Waals surface area contributed by atoms with Crippen molar-refractivity contribution in [1.29, 1.82) is 0 Å². The number of urea groups is 1. The fourth-order valence-corrected chi connectivity index (χ4v) is 1.62. The van der Waals surface area contributed by atoms with Crippen molar-refractivity contribution in [2.24, 2.45) is 0 Å². The predicted molar refractivity (Wildman–Crippen MR) is 74.6 cm³/mol. The van der Waals surface area contributed by atoms with Gasteiger partial charge in [-0.15, -0.1) is 0 Å². The van der Waals surface area contributed by atoms with E-state index in [1.54, 1.807) is 33.3 Å². The van der Waals surface area contributed by atoms with Gasteiger partial charge >= 0.3 is 6.03 Å². The van der Waals surface area contributed by atoms with Crippen molar-refractivity contribution in [2.75, 3.05) is 27.7 Å². The summed E-state index contributed by atoms with van der Waals surface area (Å²) in [6.45, 7) is 0.592. The van der Waals surface area contributed by atoms with Crippen molar-refractivity contribution < 1.29 is 14.0 Å². The van der Waals surface area contributed by atoms with E-state index >= 15 is 0 Å². The molecule has 1 aromatic carbocycles. The summed E-state index contributed by atoms with van der Waals surface area (Å²) in [6.07, 6.45) is 0.256. The van der Waals surface area contributed by atoms with E-state index in [-0.39, 0.29) is 30.7 Å². The molecular formula is C14H20FN3O2. The fourth-order valence-electron chi connectivity index (χ4n) is 1.62. The highest BCUT2D eigenvalue weighted by molar-refractivity contribution is 5.77. The Morgan fingerprint density at radius 1 is 1.25 bits per heavy atom. The first-order valence-electron chi connectivity index (χ1n) is 6.33. The van der Waals surface area contributed by atoms with Crippen LogP contribution in [0.4, 0.5) is 9.18 Å². The highest BCUT2D eigenvalue weighted by atomic mass is 19.1. The molecule has 0 saturated carbocycles. The first kappa shape index (κ1) is 15.9. The molecule has 0 unspecified atom stereocenters. The lowest BCUT2D eigenvalue weighted by molar-refractivity contribution is -0.128. The summed E-state index contributed by atoms with van der Waals surface area (Å²) < 4.78 is 13.0. The summed E-state index contributed by atoms with van der Waals surface area (Å²) in [7, 11) is 4.95. The lowest BCUT2D eigenvalue weighted by atomic mass is 10.2. The molecule has 0 atom stereocenters. The van der Waals surface area contributed by atoms with Crippen molar-refractivity contribution in [2.45, 2.75) is 13.0 Å². The van der Waals surface area contributed by atoms with Crippen molar-refractivity contribution >= 4 is 11.9 Å². The van der Waals surface area contributed by atoms with Gasteiger partial charge in [0.2, 0.25) is 5.91 Å². The summed E-state index contributed by atoms with van der Waals surface area (Å²) in [6, 6.07) is 5.81. The molecule has 1 N–H and O–H groups in total. The van der Waals surface area contributed by atoms with Gasteiger partial charge in [0, 0.05) is 40.7 Å².